The molecule has 3 heterocycles. The molecule has 206 valence electrons. The van der Waals surface area contributed by atoms with Crippen LogP contribution in [0.3, 0.4) is 0 Å². The van der Waals surface area contributed by atoms with E-state index in [0.717, 1.165) is 57.3 Å². The van der Waals surface area contributed by atoms with Gasteiger partial charge in [0.2, 0.25) is 5.91 Å². The first kappa shape index (κ1) is 28.1. The zero-order valence-corrected chi connectivity index (χ0v) is 22.5. The van der Waals surface area contributed by atoms with Gasteiger partial charge in [-0.25, -0.2) is 14.4 Å². The predicted octanol–water partition coefficient (Wildman–Crippen LogP) is 4.16. The standard InChI is InChI=1S/C29H40FN5O3/c1-3-29(30,4-2)20-35-15-12-21(13-16-35)19-38-24-17-32-26(33-18-24)22-8-10-23(11-9-22)27(36)34-28(37)25-7-5-6-14-31-25/h8-11,17-18,21,25,31H,3-7,12-16,19-20H2,1-2H3,(H,34,36,37)/t25-/m1/s1. The summed E-state index contributed by atoms with van der Waals surface area (Å²) in [6.45, 7) is 7.55. The minimum absolute atomic E-state index is 0.280. The van der Waals surface area contributed by atoms with E-state index >= 15 is 0 Å². The van der Waals surface area contributed by atoms with Crippen LogP contribution in [0.15, 0.2) is 36.7 Å². The first-order valence-corrected chi connectivity index (χ1v) is 13.9. The Morgan fingerprint density at radius 3 is 2.37 bits per heavy atom. The van der Waals surface area contributed by atoms with Crippen molar-refractivity contribution in [3.8, 4) is 17.1 Å². The van der Waals surface area contributed by atoms with Crippen LogP contribution < -0.4 is 15.4 Å². The molecule has 2 aliphatic rings. The Labute approximate surface area is 224 Å². The molecule has 2 saturated heterocycles. The third kappa shape index (κ3) is 7.57. The average molecular weight is 526 g/mol. The maximum absolute atomic E-state index is 14.7. The van der Waals surface area contributed by atoms with Gasteiger partial charge in [0, 0.05) is 17.7 Å². The molecule has 2 fully saturated rings. The predicted molar refractivity (Wildman–Crippen MR) is 145 cm³/mol. The monoisotopic (exact) mass is 525 g/mol. The minimum atomic E-state index is -1.08. The van der Waals surface area contributed by atoms with E-state index in [0.29, 0.717) is 49.0 Å². The second-order valence-corrected chi connectivity index (χ2v) is 10.5. The number of piperidine rings is 2. The van der Waals surface area contributed by atoms with Crippen molar-refractivity contribution in [1.29, 1.82) is 0 Å². The number of ether oxygens (including phenoxy) is 1. The Kier molecular flexibility index (Phi) is 9.80. The lowest BCUT2D eigenvalue weighted by Gasteiger charge is -2.36. The highest BCUT2D eigenvalue weighted by Gasteiger charge is 2.30. The van der Waals surface area contributed by atoms with Gasteiger partial charge in [-0.2, -0.15) is 0 Å². The first-order valence-electron chi connectivity index (χ1n) is 13.9. The summed E-state index contributed by atoms with van der Waals surface area (Å²) in [5.41, 5.74) is 0.0924. The zero-order chi connectivity index (χ0) is 27.0. The summed E-state index contributed by atoms with van der Waals surface area (Å²) in [5.74, 6) is 0.883. The minimum Gasteiger partial charge on any atom is -0.490 e. The molecule has 1 atom stereocenters. The average Bonchev–Trinajstić information content (AvgIpc) is 2.97. The summed E-state index contributed by atoms with van der Waals surface area (Å²) in [6.07, 6.45) is 9.20. The quantitative estimate of drug-likeness (QED) is 0.450. The highest BCUT2D eigenvalue weighted by atomic mass is 19.1. The van der Waals surface area contributed by atoms with Gasteiger partial charge in [0.05, 0.1) is 25.0 Å². The largest absolute Gasteiger partial charge is 0.490 e. The number of benzene rings is 1. The number of amides is 2. The van der Waals surface area contributed by atoms with Crippen LogP contribution in [0.2, 0.25) is 0 Å². The third-order valence-corrected chi connectivity index (χ3v) is 7.86. The molecular weight excluding hydrogens is 485 g/mol. The van der Waals surface area contributed by atoms with Gasteiger partial charge in [-0.1, -0.05) is 32.4 Å². The fourth-order valence-corrected chi connectivity index (χ4v) is 5.06. The van der Waals surface area contributed by atoms with Crippen LogP contribution >= 0.6 is 0 Å². The van der Waals surface area contributed by atoms with Gasteiger partial charge in [0.1, 0.15) is 5.67 Å². The SMILES string of the molecule is CCC(F)(CC)CN1CCC(COc2cnc(-c3ccc(C(=O)NC(=O)[C@H]4CCCCN4)cc3)nc2)CC1. The Balaban J connectivity index is 1.22. The van der Waals surface area contributed by atoms with Crippen molar-refractivity contribution < 1.29 is 18.7 Å². The molecule has 0 saturated carbocycles. The van der Waals surface area contributed by atoms with E-state index in [1.165, 1.54) is 0 Å². The van der Waals surface area contributed by atoms with Crippen LogP contribution in [-0.2, 0) is 4.79 Å². The van der Waals surface area contributed by atoms with Crippen molar-refractivity contribution in [2.75, 3.05) is 32.8 Å². The maximum atomic E-state index is 14.7. The topological polar surface area (TPSA) is 96.5 Å². The molecule has 2 amide bonds. The number of imide groups is 1. The van der Waals surface area contributed by atoms with Crippen molar-refractivity contribution in [2.45, 2.75) is 70.5 Å². The van der Waals surface area contributed by atoms with Crippen molar-refractivity contribution in [1.82, 2.24) is 25.5 Å². The second-order valence-electron chi connectivity index (χ2n) is 10.5. The molecule has 8 nitrogen and oxygen atoms in total. The lowest BCUT2D eigenvalue weighted by atomic mass is 9.94. The number of rotatable bonds is 10. The highest BCUT2D eigenvalue weighted by Crippen LogP contribution is 2.26. The van der Waals surface area contributed by atoms with Crippen molar-refractivity contribution >= 4 is 11.8 Å². The van der Waals surface area contributed by atoms with Crippen LogP contribution in [0.1, 0.15) is 69.2 Å². The Morgan fingerprint density at radius 2 is 1.76 bits per heavy atom. The second kappa shape index (κ2) is 13.2. The molecule has 38 heavy (non-hydrogen) atoms. The lowest BCUT2D eigenvalue weighted by Crippen LogP contribution is -2.48. The number of hydrogen-bond donors (Lipinski definition) is 2. The lowest BCUT2D eigenvalue weighted by molar-refractivity contribution is -0.122. The first-order chi connectivity index (χ1) is 18.4. The molecule has 1 aromatic carbocycles. The van der Waals surface area contributed by atoms with Gasteiger partial charge in [-0.3, -0.25) is 14.9 Å². The molecule has 2 aromatic rings. The van der Waals surface area contributed by atoms with Crippen LogP contribution in [0.5, 0.6) is 5.75 Å². The van der Waals surface area contributed by atoms with Crippen LogP contribution in [0.25, 0.3) is 11.4 Å². The number of likely N-dealkylation sites (tertiary alicyclic amines) is 1. The molecule has 0 spiro atoms. The van der Waals surface area contributed by atoms with Gasteiger partial charge in [0.15, 0.2) is 11.6 Å². The van der Waals surface area contributed by atoms with Crippen LogP contribution in [0, 0.1) is 5.92 Å². The van der Waals surface area contributed by atoms with Gasteiger partial charge < -0.3 is 15.0 Å². The van der Waals surface area contributed by atoms with E-state index in [4.69, 9.17) is 4.74 Å². The fourth-order valence-electron chi connectivity index (χ4n) is 5.06. The van der Waals surface area contributed by atoms with Crippen LogP contribution in [-0.4, -0.2) is 71.2 Å². The van der Waals surface area contributed by atoms with Crippen molar-refractivity contribution in [3.63, 3.8) is 0 Å². The molecule has 0 radical (unpaired) electrons. The molecule has 0 bridgehead atoms. The fraction of sp³-hybridized carbons (Fsp3) is 0.586. The van der Waals surface area contributed by atoms with E-state index in [1.807, 2.05) is 13.8 Å². The molecule has 1 aromatic heterocycles. The summed E-state index contributed by atoms with van der Waals surface area (Å²) >= 11 is 0. The van der Waals surface area contributed by atoms with Crippen molar-refractivity contribution in [3.05, 3.63) is 42.2 Å². The number of halogens is 1. The van der Waals surface area contributed by atoms with E-state index in [9.17, 15) is 14.0 Å². The van der Waals surface area contributed by atoms with E-state index < -0.39 is 11.6 Å². The molecular formula is C29H40FN5O3. The number of alkyl halides is 1. The number of nitrogens with zero attached hydrogens (tertiary/aromatic N) is 3. The number of hydrogen-bond acceptors (Lipinski definition) is 7. The van der Waals surface area contributed by atoms with E-state index in [1.54, 1.807) is 36.7 Å². The summed E-state index contributed by atoms with van der Waals surface area (Å²) in [7, 11) is 0. The van der Waals surface area contributed by atoms with Gasteiger partial charge in [0.25, 0.3) is 5.91 Å². The van der Waals surface area contributed by atoms with Gasteiger partial charge in [-0.05, 0) is 76.2 Å². The summed E-state index contributed by atoms with van der Waals surface area (Å²) < 4.78 is 20.7. The third-order valence-electron chi connectivity index (χ3n) is 7.86. The molecule has 4 rings (SSSR count). The molecule has 0 aliphatic carbocycles. The normalized spacial score (nSPS) is 19.2. The summed E-state index contributed by atoms with van der Waals surface area (Å²) in [5, 5.41) is 5.63. The summed E-state index contributed by atoms with van der Waals surface area (Å²) in [6, 6.07) is 6.56. The molecule has 2 aliphatic heterocycles. The molecule has 9 heteroatoms. The zero-order valence-electron chi connectivity index (χ0n) is 22.5. The van der Waals surface area contributed by atoms with Crippen molar-refractivity contribution in [2.24, 2.45) is 5.92 Å². The number of aromatic nitrogens is 2. The molecule has 0 unspecified atom stereocenters. The van der Waals surface area contributed by atoms with Gasteiger partial charge >= 0.3 is 0 Å². The summed E-state index contributed by atoms with van der Waals surface area (Å²) in [4.78, 5) is 35.9. The Hall–Kier alpha value is -2.91. The molecule has 2 N–H and O–H groups in total. The Morgan fingerprint density at radius 1 is 1.08 bits per heavy atom. The maximum Gasteiger partial charge on any atom is 0.257 e. The highest BCUT2D eigenvalue weighted by molar-refractivity contribution is 6.06. The van der Waals surface area contributed by atoms with Gasteiger partial charge in [-0.15, -0.1) is 0 Å². The van der Waals surface area contributed by atoms with Crippen LogP contribution in [0.4, 0.5) is 4.39 Å². The number of nitrogens with one attached hydrogen (secondary N) is 2. The van der Waals surface area contributed by atoms with E-state index in [2.05, 4.69) is 25.5 Å². The van der Waals surface area contributed by atoms with E-state index in [-0.39, 0.29) is 11.9 Å². The number of carbonyl (C=O) groups excluding carboxylic acids is 2. The number of carbonyl (C=O) groups is 2. The smallest absolute Gasteiger partial charge is 0.257 e. The Bertz CT molecular complexity index is 1040.